The largest absolute Gasteiger partial charge is 0.487 e. The summed E-state index contributed by atoms with van der Waals surface area (Å²) in [6.07, 6.45) is 4.58. The van der Waals surface area contributed by atoms with E-state index in [0.29, 0.717) is 6.54 Å². The third-order valence-electron chi connectivity index (χ3n) is 3.63. The average Bonchev–Trinajstić information content (AvgIpc) is 2.76. The molecule has 4 nitrogen and oxygen atoms in total. The first-order valence-electron chi connectivity index (χ1n) is 7.31. The van der Waals surface area contributed by atoms with Crippen molar-refractivity contribution in [1.82, 2.24) is 15.3 Å². The SMILES string of the molecule is Cc1cnc(CNCc2cccc3c2OC(C)(C)C3)cn1. The molecule has 1 N–H and O–H groups in total. The van der Waals surface area contributed by atoms with E-state index in [1.807, 2.05) is 13.1 Å². The number of para-hydroxylation sites is 1. The van der Waals surface area contributed by atoms with Crippen molar-refractivity contribution >= 4 is 0 Å². The van der Waals surface area contributed by atoms with E-state index in [1.165, 1.54) is 11.1 Å². The number of nitrogens with zero attached hydrogens (tertiary/aromatic N) is 2. The number of rotatable bonds is 4. The molecule has 2 heterocycles. The molecule has 1 aliphatic heterocycles. The van der Waals surface area contributed by atoms with Crippen molar-refractivity contribution in [2.24, 2.45) is 0 Å². The van der Waals surface area contributed by atoms with Crippen LogP contribution in [0.2, 0.25) is 0 Å². The lowest BCUT2D eigenvalue weighted by Gasteiger charge is -2.18. The first kappa shape index (κ1) is 14.0. The molecule has 0 fully saturated rings. The summed E-state index contributed by atoms with van der Waals surface area (Å²) in [7, 11) is 0. The molecule has 1 aromatic heterocycles. The quantitative estimate of drug-likeness (QED) is 0.937. The minimum atomic E-state index is -0.0964. The fourth-order valence-corrected chi connectivity index (χ4v) is 2.65. The highest BCUT2D eigenvalue weighted by atomic mass is 16.5. The Morgan fingerprint density at radius 2 is 2.05 bits per heavy atom. The molecule has 1 aliphatic rings. The van der Waals surface area contributed by atoms with Crippen LogP contribution >= 0.6 is 0 Å². The highest BCUT2D eigenvalue weighted by Crippen LogP contribution is 2.37. The molecule has 4 heteroatoms. The van der Waals surface area contributed by atoms with Gasteiger partial charge in [-0.25, -0.2) is 0 Å². The van der Waals surface area contributed by atoms with Crippen molar-refractivity contribution in [3.05, 3.63) is 53.1 Å². The Morgan fingerprint density at radius 3 is 2.81 bits per heavy atom. The Morgan fingerprint density at radius 1 is 1.19 bits per heavy atom. The maximum atomic E-state index is 6.08. The van der Waals surface area contributed by atoms with Crippen LogP contribution in [0.25, 0.3) is 0 Å². The Bertz CT molecular complexity index is 635. The van der Waals surface area contributed by atoms with E-state index in [2.05, 4.69) is 47.3 Å². The minimum Gasteiger partial charge on any atom is -0.487 e. The van der Waals surface area contributed by atoms with E-state index >= 15 is 0 Å². The Hall–Kier alpha value is -1.94. The first-order valence-corrected chi connectivity index (χ1v) is 7.31. The molecule has 0 radical (unpaired) electrons. The zero-order valence-electron chi connectivity index (χ0n) is 12.8. The molecule has 0 aliphatic carbocycles. The highest BCUT2D eigenvalue weighted by molar-refractivity contribution is 5.45. The number of hydrogen-bond donors (Lipinski definition) is 1. The van der Waals surface area contributed by atoms with Crippen molar-refractivity contribution in [3.63, 3.8) is 0 Å². The predicted octanol–water partition coefficient (Wildman–Crippen LogP) is 2.79. The predicted molar refractivity (Wildman–Crippen MR) is 82.2 cm³/mol. The Kier molecular flexibility index (Phi) is 3.64. The van der Waals surface area contributed by atoms with Gasteiger partial charge in [-0.05, 0) is 26.3 Å². The number of ether oxygens (including phenoxy) is 1. The summed E-state index contributed by atoms with van der Waals surface area (Å²) in [5.41, 5.74) is 4.30. The molecule has 2 aromatic rings. The summed E-state index contributed by atoms with van der Waals surface area (Å²) in [6.45, 7) is 7.68. The molecule has 0 spiro atoms. The van der Waals surface area contributed by atoms with E-state index in [1.54, 1.807) is 6.20 Å². The van der Waals surface area contributed by atoms with Crippen LogP contribution in [0.1, 0.15) is 36.4 Å². The van der Waals surface area contributed by atoms with Gasteiger partial charge < -0.3 is 10.1 Å². The monoisotopic (exact) mass is 283 g/mol. The van der Waals surface area contributed by atoms with Gasteiger partial charge in [-0.2, -0.15) is 0 Å². The van der Waals surface area contributed by atoms with Gasteiger partial charge in [-0.3, -0.25) is 9.97 Å². The number of benzene rings is 1. The summed E-state index contributed by atoms with van der Waals surface area (Å²) in [5.74, 6) is 1.05. The molecule has 0 atom stereocenters. The summed E-state index contributed by atoms with van der Waals surface area (Å²) < 4.78 is 6.08. The minimum absolute atomic E-state index is 0.0964. The van der Waals surface area contributed by atoms with Gasteiger partial charge in [0, 0.05) is 37.5 Å². The molecule has 1 aromatic carbocycles. The molecule has 0 bridgehead atoms. The second kappa shape index (κ2) is 5.45. The van der Waals surface area contributed by atoms with Crippen LogP contribution in [-0.2, 0) is 19.5 Å². The lowest BCUT2D eigenvalue weighted by atomic mass is 10.0. The zero-order chi connectivity index (χ0) is 14.9. The van der Waals surface area contributed by atoms with Crippen molar-refractivity contribution in [1.29, 1.82) is 0 Å². The van der Waals surface area contributed by atoms with Crippen LogP contribution in [0.3, 0.4) is 0 Å². The van der Waals surface area contributed by atoms with Crippen LogP contribution in [0, 0.1) is 6.92 Å². The fourth-order valence-electron chi connectivity index (χ4n) is 2.65. The van der Waals surface area contributed by atoms with Crippen LogP contribution in [0.4, 0.5) is 0 Å². The van der Waals surface area contributed by atoms with Gasteiger partial charge in [0.15, 0.2) is 0 Å². The molecule has 21 heavy (non-hydrogen) atoms. The molecule has 0 saturated carbocycles. The normalized spacial score (nSPS) is 15.6. The fraction of sp³-hybridized carbons (Fsp3) is 0.412. The van der Waals surface area contributed by atoms with Gasteiger partial charge in [-0.15, -0.1) is 0 Å². The van der Waals surface area contributed by atoms with Gasteiger partial charge in [0.2, 0.25) is 0 Å². The van der Waals surface area contributed by atoms with Gasteiger partial charge >= 0.3 is 0 Å². The number of aromatic nitrogens is 2. The second-order valence-electron chi connectivity index (χ2n) is 6.20. The second-order valence-corrected chi connectivity index (χ2v) is 6.20. The maximum absolute atomic E-state index is 6.08. The zero-order valence-corrected chi connectivity index (χ0v) is 12.8. The smallest absolute Gasteiger partial charge is 0.127 e. The molecule has 0 amide bonds. The van der Waals surface area contributed by atoms with E-state index in [0.717, 1.165) is 30.1 Å². The molecule has 3 rings (SSSR count). The summed E-state index contributed by atoms with van der Waals surface area (Å²) >= 11 is 0. The van der Waals surface area contributed by atoms with E-state index in [9.17, 15) is 0 Å². The first-order chi connectivity index (χ1) is 10.0. The summed E-state index contributed by atoms with van der Waals surface area (Å²) in [6, 6.07) is 6.37. The van der Waals surface area contributed by atoms with Crippen LogP contribution in [0.15, 0.2) is 30.6 Å². The molecule has 110 valence electrons. The third-order valence-corrected chi connectivity index (χ3v) is 3.63. The topological polar surface area (TPSA) is 47.0 Å². The van der Waals surface area contributed by atoms with E-state index in [-0.39, 0.29) is 5.60 Å². The number of hydrogen-bond acceptors (Lipinski definition) is 4. The average molecular weight is 283 g/mol. The highest BCUT2D eigenvalue weighted by Gasteiger charge is 2.31. The van der Waals surface area contributed by atoms with Gasteiger partial charge in [0.05, 0.1) is 11.4 Å². The van der Waals surface area contributed by atoms with E-state index in [4.69, 9.17) is 4.74 Å². The number of fused-ring (bicyclic) bond motifs is 1. The van der Waals surface area contributed by atoms with Crippen molar-refractivity contribution in [3.8, 4) is 5.75 Å². The van der Waals surface area contributed by atoms with Gasteiger partial charge in [-0.1, -0.05) is 18.2 Å². The summed E-state index contributed by atoms with van der Waals surface area (Å²) in [4.78, 5) is 8.60. The number of aryl methyl sites for hydroxylation is 1. The molecule has 0 saturated heterocycles. The standard InChI is InChI=1S/C17H21N3O/c1-12-8-20-15(11-19-12)10-18-9-14-6-4-5-13-7-17(2,3)21-16(13)14/h4-6,8,11,18H,7,9-10H2,1-3H3. The van der Waals surface area contributed by atoms with Crippen LogP contribution in [0.5, 0.6) is 5.75 Å². The Labute approximate surface area is 125 Å². The van der Waals surface area contributed by atoms with Crippen molar-refractivity contribution < 1.29 is 4.74 Å². The van der Waals surface area contributed by atoms with E-state index < -0.39 is 0 Å². The van der Waals surface area contributed by atoms with Crippen LogP contribution < -0.4 is 10.1 Å². The number of nitrogens with one attached hydrogen (secondary N) is 1. The summed E-state index contributed by atoms with van der Waals surface area (Å²) in [5, 5.41) is 3.41. The van der Waals surface area contributed by atoms with Gasteiger partial charge in [0.25, 0.3) is 0 Å². The molecule has 0 unspecified atom stereocenters. The third kappa shape index (κ3) is 3.22. The maximum Gasteiger partial charge on any atom is 0.127 e. The van der Waals surface area contributed by atoms with Crippen LogP contribution in [-0.4, -0.2) is 15.6 Å². The lowest BCUT2D eigenvalue weighted by molar-refractivity contribution is 0.137. The van der Waals surface area contributed by atoms with Gasteiger partial charge in [0.1, 0.15) is 11.4 Å². The Balaban J connectivity index is 1.64. The van der Waals surface area contributed by atoms with Crippen molar-refractivity contribution in [2.45, 2.75) is 45.9 Å². The molecular formula is C17H21N3O. The lowest BCUT2D eigenvalue weighted by Crippen LogP contribution is -2.25. The van der Waals surface area contributed by atoms with Crippen molar-refractivity contribution in [2.75, 3.05) is 0 Å². The molecular weight excluding hydrogens is 262 g/mol.